The van der Waals surface area contributed by atoms with Crippen LogP contribution in [0.4, 0.5) is 5.69 Å². The summed E-state index contributed by atoms with van der Waals surface area (Å²) < 4.78 is 23.3. The van der Waals surface area contributed by atoms with E-state index in [4.69, 9.17) is 5.73 Å². The van der Waals surface area contributed by atoms with Crippen LogP contribution in [0.1, 0.15) is 37.4 Å². The third kappa shape index (κ3) is 3.48. The van der Waals surface area contributed by atoms with Gasteiger partial charge in [0, 0.05) is 11.9 Å². The van der Waals surface area contributed by atoms with Gasteiger partial charge in [-0.3, -0.25) is 0 Å². The van der Waals surface area contributed by atoms with Gasteiger partial charge in [0.2, 0.25) is 0 Å². The Bertz CT molecular complexity index is 524. The summed E-state index contributed by atoms with van der Waals surface area (Å²) in [5.74, 6) is 0.0112. The van der Waals surface area contributed by atoms with Crippen LogP contribution in [-0.2, 0) is 9.84 Å². The van der Waals surface area contributed by atoms with Gasteiger partial charge in [-0.15, -0.1) is 0 Å². The predicted octanol–water partition coefficient (Wildman–Crippen LogP) is 1.91. The molecule has 0 spiro atoms. The number of nitrogens with two attached hydrogens (primary N) is 1. The standard InChI is InChI=1S/C14H21NO3S/c1-19(17,18)13-4-2-3-11(9-13)14(16)10-5-7-12(15)8-6-10/h5-8,11,13-14,16H,2-4,9,15H2,1H3. The minimum atomic E-state index is -3.01. The van der Waals surface area contributed by atoms with Crippen molar-refractivity contribution in [1.82, 2.24) is 0 Å². The fourth-order valence-electron chi connectivity index (χ4n) is 2.82. The third-order valence-electron chi connectivity index (χ3n) is 4.00. The first kappa shape index (κ1) is 14.3. The zero-order valence-electron chi connectivity index (χ0n) is 11.1. The lowest BCUT2D eigenvalue weighted by Crippen LogP contribution is -2.30. The van der Waals surface area contributed by atoms with Crippen molar-refractivity contribution < 1.29 is 13.5 Å². The van der Waals surface area contributed by atoms with Gasteiger partial charge in [0.05, 0.1) is 11.4 Å². The summed E-state index contributed by atoms with van der Waals surface area (Å²) in [7, 11) is -3.01. The van der Waals surface area contributed by atoms with Gasteiger partial charge in [0.15, 0.2) is 0 Å². The lowest BCUT2D eigenvalue weighted by molar-refractivity contribution is 0.0857. The largest absolute Gasteiger partial charge is 0.399 e. The number of aliphatic hydroxyl groups excluding tert-OH is 1. The minimum Gasteiger partial charge on any atom is -0.399 e. The summed E-state index contributed by atoms with van der Waals surface area (Å²) in [5, 5.41) is 10.1. The lowest BCUT2D eigenvalue weighted by Gasteiger charge is -2.31. The highest BCUT2D eigenvalue weighted by atomic mass is 32.2. The van der Waals surface area contributed by atoms with Gasteiger partial charge in [-0.1, -0.05) is 18.6 Å². The van der Waals surface area contributed by atoms with Crippen molar-refractivity contribution in [2.45, 2.75) is 37.0 Å². The summed E-state index contributed by atoms with van der Waals surface area (Å²) >= 11 is 0. The highest BCUT2D eigenvalue weighted by Crippen LogP contribution is 2.36. The number of anilines is 1. The van der Waals surface area contributed by atoms with Gasteiger partial charge in [-0.2, -0.15) is 0 Å². The van der Waals surface area contributed by atoms with E-state index in [1.165, 1.54) is 6.26 Å². The van der Waals surface area contributed by atoms with Crippen molar-refractivity contribution in [3.05, 3.63) is 29.8 Å². The molecule has 2 rings (SSSR count). The average Bonchev–Trinajstić information content (AvgIpc) is 2.38. The van der Waals surface area contributed by atoms with Crippen molar-refractivity contribution in [2.24, 2.45) is 5.92 Å². The molecular formula is C14H21NO3S. The normalized spacial score (nSPS) is 26.0. The van der Waals surface area contributed by atoms with E-state index in [2.05, 4.69) is 0 Å². The van der Waals surface area contributed by atoms with Crippen molar-refractivity contribution in [3.63, 3.8) is 0 Å². The second-order valence-electron chi connectivity index (χ2n) is 5.49. The third-order valence-corrected chi connectivity index (χ3v) is 5.64. The first-order chi connectivity index (χ1) is 8.88. The Balaban J connectivity index is 2.11. The molecule has 0 aliphatic heterocycles. The molecule has 1 aliphatic carbocycles. The Labute approximate surface area is 114 Å². The molecule has 0 heterocycles. The van der Waals surface area contributed by atoms with Gasteiger partial charge < -0.3 is 10.8 Å². The Hall–Kier alpha value is -1.07. The first-order valence-corrected chi connectivity index (χ1v) is 8.56. The van der Waals surface area contributed by atoms with E-state index in [9.17, 15) is 13.5 Å². The van der Waals surface area contributed by atoms with E-state index in [0.29, 0.717) is 18.5 Å². The molecule has 4 nitrogen and oxygen atoms in total. The second-order valence-corrected chi connectivity index (χ2v) is 7.82. The Morgan fingerprint density at radius 3 is 2.47 bits per heavy atom. The number of benzene rings is 1. The monoisotopic (exact) mass is 283 g/mol. The molecule has 3 N–H and O–H groups in total. The quantitative estimate of drug-likeness (QED) is 0.830. The van der Waals surface area contributed by atoms with Crippen LogP contribution in [0, 0.1) is 5.92 Å². The molecule has 3 atom stereocenters. The van der Waals surface area contributed by atoms with Crippen LogP contribution in [0.15, 0.2) is 24.3 Å². The average molecular weight is 283 g/mol. The number of hydrogen-bond donors (Lipinski definition) is 2. The van der Waals surface area contributed by atoms with Crippen molar-refractivity contribution in [3.8, 4) is 0 Å². The summed E-state index contributed by atoms with van der Waals surface area (Å²) in [6, 6.07) is 7.14. The van der Waals surface area contributed by atoms with E-state index in [0.717, 1.165) is 18.4 Å². The lowest BCUT2D eigenvalue weighted by atomic mass is 9.82. The summed E-state index contributed by atoms with van der Waals surface area (Å²) in [4.78, 5) is 0. The van der Waals surface area contributed by atoms with E-state index < -0.39 is 15.9 Å². The van der Waals surface area contributed by atoms with Gasteiger partial charge in [-0.25, -0.2) is 8.42 Å². The minimum absolute atomic E-state index is 0.0112. The zero-order chi connectivity index (χ0) is 14.0. The molecule has 1 aromatic rings. The number of sulfone groups is 1. The second kappa shape index (κ2) is 5.51. The van der Waals surface area contributed by atoms with Gasteiger partial charge in [-0.05, 0) is 42.9 Å². The van der Waals surface area contributed by atoms with E-state index >= 15 is 0 Å². The number of aliphatic hydroxyl groups is 1. The Morgan fingerprint density at radius 2 is 1.89 bits per heavy atom. The topological polar surface area (TPSA) is 80.4 Å². The molecule has 3 unspecified atom stereocenters. The maximum atomic E-state index is 11.6. The van der Waals surface area contributed by atoms with E-state index in [1.54, 1.807) is 12.1 Å². The molecule has 1 saturated carbocycles. The molecule has 19 heavy (non-hydrogen) atoms. The highest BCUT2D eigenvalue weighted by Gasteiger charge is 2.32. The van der Waals surface area contributed by atoms with Gasteiger partial charge in [0.25, 0.3) is 0 Å². The Morgan fingerprint density at radius 1 is 1.26 bits per heavy atom. The molecule has 0 radical (unpaired) electrons. The van der Waals surface area contributed by atoms with Crippen molar-refractivity contribution in [1.29, 1.82) is 0 Å². The molecule has 5 heteroatoms. The summed E-state index contributed by atoms with van der Waals surface area (Å²) in [5.41, 5.74) is 7.10. The molecule has 0 aromatic heterocycles. The molecule has 0 amide bonds. The van der Waals surface area contributed by atoms with E-state index in [-0.39, 0.29) is 11.2 Å². The first-order valence-electron chi connectivity index (χ1n) is 6.60. The van der Waals surface area contributed by atoms with Crippen molar-refractivity contribution >= 4 is 15.5 Å². The smallest absolute Gasteiger partial charge is 0.150 e. The SMILES string of the molecule is CS(=O)(=O)C1CCCC(C(O)c2ccc(N)cc2)C1. The highest BCUT2D eigenvalue weighted by molar-refractivity contribution is 7.91. The number of hydrogen-bond acceptors (Lipinski definition) is 4. The van der Waals surface area contributed by atoms with Crippen LogP contribution in [0.2, 0.25) is 0 Å². The van der Waals surface area contributed by atoms with Crippen LogP contribution in [0.25, 0.3) is 0 Å². The molecule has 1 aromatic carbocycles. The summed E-state index contributed by atoms with van der Waals surface area (Å²) in [6.07, 6.45) is 3.67. The number of nitrogen functional groups attached to an aromatic ring is 1. The summed E-state index contributed by atoms with van der Waals surface area (Å²) in [6.45, 7) is 0. The maximum absolute atomic E-state index is 11.6. The van der Waals surface area contributed by atoms with Gasteiger partial charge >= 0.3 is 0 Å². The molecular weight excluding hydrogens is 262 g/mol. The fourth-order valence-corrected chi connectivity index (χ4v) is 4.01. The zero-order valence-corrected chi connectivity index (χ0v) is 11.9. The molecule has 1 fully saturated rings. The Kier molecular flexibility index (Phi) is 4.16. The number of rotatable bonds is 3. The van der Waals surface area contributed by atoms with Gasteiger partial charge in [0.1, 0.15) is 9.84 Å². The molecule has 1 aliphatic rings. The maximum Gasteiger partial charge on any atom is 0.150 e. The molecule has 0 bridgehead atoms. The molecule has 106 valence electrons. The van der Waals surface area contributed by atoms with Crippen LogP contribution < -0.4 is 5.73 Å². The van der Waals surface area contributed by atoms with Crippen LogP contribution in [0.5, 0.6) is 0 Å². The molecule has 0 saturated heterocycles. The fraction of sp³-hybridized carbons (Fsp3) is 0.571. The van der Waals surface area contributed by atoms with Crippen molar-refractivity contribution in [2.75, 3.05) is 12.0 Å². The van der Waals surface area contributed by atoms with Crippen LogP contribution in [-0.4, -0.2) is 25.0 Å². The van der Waals surface area contributed by atoms with E-state index in [1.807, 2.05) is 12.1 Å². The van der Waals surface area contributed by atoms with Crippen LogP contribution in [0.3, 0.4) is 0 Å². The predicted molar refractivity (Wildman–Crippen MR) is 76.4 cm³/mol. The van der Waals surface area contributed by atoms with Crippen LogP contribution >= 0.6 is 0 Å².